The summed E-state index contributed by atoms with van der Waals surface area (Å²) in [7, 11) is 0. The number of carbonyl (C=O) groups is 1. The van der Waals surface area contributed by atoms with E-state index < -0.39 is 6.09 Å². The number of hydrogen-bond acceptors (Lipinski definition) is 3. The number of amides is 1. The molecular weight excluding hydrogens is 196 g/mol. The summed E-state index contributed by atoms with van der Waals surface area (Å²) in [5, 5.41) is 21.9. The summed E-state index contributed by atoms with van der Waals surface area (Å²) in [4.78, 5) is 10.2. The number of carboxylic acid groups (broad SMARTS) is 1. The minimum atomic E-state index is -1.02. The van der Waals surface area contributed by atoms with E-state index in [1.807, 2.05) is 18.2 Å². The Labute approximate surface area is 87.0 Å². The van der Waals surface area contributed by atoms with Crippen molar-refractivity contribution in [2.24, 2.45) is 5.16 Å². The van der Waals surface area contributed by atoms with Crippen LogP contribution in [0.4, 0.5) is 4.79 Å². The van der Waals surface area contributed by atoms with Gasteiger partial charge >= 0.3 is 6.09 Å². The topological polar surface area (TPSA) is 81.9 Å². The highest BCUT2D eigenvalue weighted by molar-refractivity contribution is 5.79. The molecule has 0 heterocycles. The van der Waals surface area contributed by atoms with E-state index in [4.69, 9.17) is 10.3 Å². The first kappa shape index (κ1) is 11.0. The van der Waals surface area contributed by atoms with E-state index in [1.165, 1.54) is 6.21 Å². The predicted octanol–water partition coefficient (Wildman–Crippen LogP) is 1.30. The zero-order chi connectivity index (χ0) is 11.1. The van der Waals surface area contributed by atoms with E-state index in [0.29, 0.717) is 13.0 Å². The van der Waals surface area contributed by atoms with Crippen LogP contribution in [-0.4, -0.2) is 29.2 Å². The maximum Gasteiger partial charge on any atom is 0.404 e. The summed E-state index contributed by atoms with van der Waals surface area (Å²) in [5.41, 5.74) is 1.77. The van der Waals surface area contributed by atoms with Gasteiger partial charge in [-0.15, -0.1) is 0 Å². The number of nitrogens with zero attached hydrogens (tertiary/aromatic N) is 1. The number of nitrogens with one attached hydrogen (secondary N) is 1. The molecule has 0 spiro atoms. The Kier molecular flexibility index (Phi) is 4.15. The van der Waals surface area contributed by atoms with Gasteiger partial charge in [0.15, 0.2) is 0 Å². The fourth-order valence-electron chi connectivity index (χ4n) is 1.21. The van der Waals surface area contributed by atoms with Gasteiger partial charge in [0.2, 0.25) is 0 Å². The summed E-state index contributed by atoms with van der Waals surface area (Å²) in [6, 6.07) is 7.35. The number of rotatable bonds is 4. The Bertz CT molecular complexity index is 363. The van der Waals surface area contributed by atoms with E-state index in [2.05, 4.69) is 10.5 Å². The molecule has 0 aliphatic heterocycles. The first-order valence-corrected chi connectivity index (χ1v) is 4.45. The summed E-state index contributed by atoms with van der Waals surface area (Å²) in [6.07, 6.45) is 0.913. The van der Waals surface area contributed by atoms with Crippen molar-refractivity contribution >= 4 is 12.3 Å². The minimum absolute atomic E-state index is 0.370. The quantitative estimate of drug-likeness (QED) is 0.396. The third-order valence-corrected chi connectivity index (χ3v) is 1.85. The summed E-state index contributed by atoms with van der Waals surface area (Å²) in [6.45, 7) is 0.370. The third kappa shape index (κ3) is 4.12. The monoisotopic (exact) mass is 208 g/mol. The van der Waals surface area contributed by atoms with Gasteiger partial charge in [-0.2, -0.15) is 0 Å². The predicted molar refractivity (Wildman–Crippen MR) is 55.6 cm³/mol. The molecule has 1 rings (SSSR count). The molecule has 3 N–H and O–H groups in total. The Morgan fingerprint density at radius 1 is 1.53 bits per heavy atom. The Balaban J connectivity index is 2.54. The van der Waals surface area contributed by atoms with Crippen LogP contribution >= 0.6 is 0 Å². The van der Waals surface area contributed by atoms with Crippen molar-refractivity contribution in [3.63, 3.8) is 0 Å². The van der Waals surface area contributed by atoms with Gasteiger partial charge in [0.05, 0.1) is 6.21 Å². The number of hydrogen-bond donors (Lipinski definition) is 3. The average Bonchev–Trinajstić information content (AvgIpc) is 2.18. The standard InChI is InChI=1S/C10H12N2O3/c13-10(14)11-5-4-8-2-1-3-9(6-8)7-12-15/h1-3,6-7,11,15H,4-5H2,(H,13,14). The van der Waals surface area contributed by atoms with Crippen LogP contribution in [0.2, 0.25) is 0 Å². The van der Waals surface area contributed by atoms with Crippen molar-refractivity contribution in [2.45, 2.75) is 6.42 Å². The van der Waals surface area contributed by atoms with Gasteiger partial charge in [0.25, 0.3) is 0 Å². The molecule has 0 atom stereocenters. The van der Waals surface area contributed by atoms with Gasteiger partial charge in [-0.25, -0.2) is 4.79 Å². The van der Waals surface area contributed by atoms with E-state index in [0.717, 1.165) is 11.1 Å². The number of oxime groups is 1. The fourth-order valence-corrected chi connectivity index (χ4v) is 1.21. The zero-order valence-electron chi connectivity index (χ0n) is 8.05. The molecule has 1 aromatic rings. The smallest absolute Gasteiger partial charge is 0.404 e. The fraction of sp³-hybridized carbons (Fsp3) is 0.200. The Morgan fingerprint density at radius 3 is 3.00 bits per heavy atom. The van der Waals surface area contributed by atoms with Gasteiger partial charge < -0.3 is 15.6 Å². The van der Waals surface area contributed by atoms with Crippen LogP contribution in [0.5, 0.6) is 0 Å². The van der Waals surface area contributed by atoms with Crippen molar-refractivity contribution in [3.05, 3.63) is 35.4 Å². The second kappa shape index (κ2) is 5.64. The molecule has 0 radical (unpaired) electrons. The molecule has 15 heavy (non-hydrogen) atoms. The third-order valence-electron chi connectivity index (χ3n) is 1.85. The molecule has 0 saturated carbocycles. The van der Waals surface area contributed by atoms with Crippen LogP contribution in [0.1, 0.15) is 11.1 Å². The molecule has 80 valence electrons. The van der Waals surface area contributed by atoms with Gasteiger partial charge in [-0.1, -0.05) is 29.4 Å². The van der Waals surface area contributed by atoms with Crippen molar-refractivity contribution in [2.75, 3.05) is 6.54 Å². The highest BCUT2D eigenvalue weighted by atomic mass is 16.4. The lowest BCUT2D eigenvalue weighted by Gasteiger charge is -2.02. The molecule has 0 aliphatic rings. The molecular formula is C10H12N2O3. The highest BCUT2D eigenvalue weighted by Gasteiger charge is 1.96. The van der Waals surface area contributed by atoms with Crippen molar-refractivity contribution < 1.29 is 15.1 Å². The first-order valence-electron chi connectivity index (χ1n) is 4.45. The van der Waals surface area contributed by atoms with Crippen LogP contribution in [0, 0.1) is 0 Å². The van der Waals surface area contributed by atoms with Crippen LogP contribution in [-0.2, 0) is 6.42 Å². The molecule has 5 nitrogen and oxygen atoms in total. The van der Waals surface area contributed by atoms with Crippen LogP contribution in [0.15, 0.2) is 29.4 Å². The van der Waals surface area contributed by atoms with Crippen LogP contribution in [0.25, 0.3) is 0 Å². The molecule has 1 aromatic carbocycles. The van der Waals surface area contributed by atoms with E-state index >= 15 is 0 Å². The van der Waals surface area contributed by atoms with Crippen molar-refractivity contribution in [1.82, 2.24) is 5.32 Å². The van der Waals surface area contributed by atoms with Crippen LogP contribution in [0.3, 0.4) is 0 Å². The maximum absolute atomic E-state index is 10.2. The second-order valence-corrected chi connectivity index (χ2v) is 2.97. The Morgan fingerprint density at radius 2 is 2.33 bits per heavy atom. The van der Waals surface area contributed by atoms with Gasteiger partial charge in [0.1, 0.15) is 0 Å². The zero-order valence-corrected chi connectivity index (χ0v) is 8.05. The first-order chi connectivity index (χ1) is 7.22. The number of benzene rings is 1. The lowest BCUT2D eigenvalue weighted by molar-refractivity contribution is 0.194. The molecule has 1 amide bonds. The van der Waals surface area contributed by atoms with Crippen molar-refractivity contribution in [3.8, 4) is 0 Å². The average molecular weight is 208 g/mol. The maximum atomic E-state index is 10.2. The molecule has 0 saturated heterocycles. The highest BCUT2D eigenvalue weighted by Crippen LogP contribution is 2.03. The SMILES string of the molecule is O=C(O)NCCc1cccc(C=NO)c1. The molecule has 0 unspecified atom stereocenters. The van der Waals surface area contributed by atoms with E-state index in [-0.39, 0.29) is 0 Å². The molecule has 0 fully saturated rings. The summed E-state index contributed by atoms with van der Waals surface area (Å²) in [5.74, 6) is 0. The Hall–Kier alpha value is -2.04. The van der Waals surface area contributed by atoms with Gasteiger partial charge in [0, 0.05) is 6.54 Å². The molecule has 0 aromatic heterocycles. The minimum Gasteiger partial charge on any atom is -0.465 e. The lowest BCUT2D eigenvalue weighted by atomic mass is 10.1. The van der Waals surface area contributed by atoms with E-state index in [9.17, 15) is 4.79 Å². The van der Waals surface area contributed by atoms with E-state index in [1.54, 1.807) is 6.07 Å². The summed E-state index contributed by atoms with van der Waals surface area (Å²) >= 11 is 0. The molecule has 0 aliphatic carbocycles. The molecule has 0 bridgehead atoms. The largest absolute Gasteiger partial charge is 0.465 e. The van der Waals surface area contributed by atoms with Crippen molar-refractivity contribution in [1.29, 1.82) is 0 Å². The van der Waals surface area contributed by atoms with Gasteiger partial charge in [-0.3, -0.25) is 0 Å². The summed E-state index contributed by atoms with van der Waals surface area (Å²) < 4.78 is 0. The van der Waals surface area contributed by atoms with Gasteiger partial charge in [-0.05, 0) is 17.5 Å². The van der Waals surface area contributed by atoms with Crippen LogP contribution < -0.4 is 5.32 Å². The molecule has 5 heteroatoms. The normalized spacial score (nSPS) is 10.4. The second-order valence-electron chi connectivity index (χ2n) is 2.97. The lowest BCUT2D eigenvalue weighted by Crippen LogP contribution is -2.23.